The first-order valence-electron chi connectivity index (χ1n) is 15.0. The van der Waals surface area contributed by atoms with E-state index in [0.29, 0.717) is 78.8 Å². The normalized spacial score (nSPS) is 17.2. The molecule has 44 heavy (non-hydrogen) atoms. The summed E-state index contributed by atoms with van der Waals surface area (Å²) in [5.74, 6) is 0.806. The lowest BCUT2D eigenvalue weighted by Crippen LogP contribution is -2.46. The Balaban J connectivity index is 1.31. The van der Waals surface area contributed by atoms with Gasteiger partial charge in [0.05, 0.1) is 23.3 Å². The largest absolute Gasteiger partial charge is 0.494 e. The number of piperidine rings is 2. The number of nitro groups is 1. The number of carbonyl (C=O) groups is 2. The van der Waals surface area contributed by atoms with Crippen LogP contribution in [0.4, 0.5) is 26.4 Å². The summed E-state index contributed by atoms with van der Waals surface area (Å²) in [7, 11) is 1.52. The van der Waals surface area contributed by atoms with Crippen LogP contribution in [0.2, 0.25) is 0 Å². The molecule has 1 aromatic carbocycles. The first kappa shape index (κ1) is 33.4. The lowest BCUT2D eigenvalue weighted by atomic mass is 9.85. The van der Waals surface area contributed by atoms with Crippen molar-refractivity contribution in [3.63, 3.8) is 0 Å². The van der Waals surface area contributed by atoms with Gasteiger partial charge in [-0.15, -0.1) is 0 Å². The van der Waals surface area contributed by atoms with Crippen LogP contribution in [0.3, 0.4) is 0 Å². The highest BCUT2D eigenvalue weighted by atomic mass is 79.9. The van der Waals surface area contributed by atoms with E-state index in [4.69, 9.17) is 9.47 Å². The second-order valence-corrected chi connectivity index (χ2v) is 13.3. The number of methoxy groups -OCH3 is 1. The lowest BCUT2D eigenvalue weighted by Gasteiger charge is -2.38. The van der Waals surface area contributed by atoms with Crippen molar-refractivity contribution >= 4 is 45.1 Å². The standard InChI is InChI=1S/C31H41BrFN5O6/c1-30(2,3)44-29(40)37-18-14-31(33,15-19-37)13-5-6-21-11-16-36(17-12-21)24-20-22(38(41)42)7-8-23(24)28(39)35-26-10-9-25(43-4)27(32)34-26/h7-10,20-21H,5-6,11-19H2,1-4H3,(H,34,35,39). The van der Waals surface area contributed by atoms with Crippen molar-refractivity contribution in [3.8, 4) is 5.75 Å². The van der Waals surface area contributed by atoms with Gasteiger partial charge >= 0.3 is 6.09 Å². The van der Waals surface area contributed by atoms with Gasteiger partial charge in [0, 0.05) is 38.3 Å². The van der Waals surface area contributed by atoms with E-state index in [2.05, 4.69) is 26.2 Å². The van der Waals surface area contributed by atoms with Crippen molar-refractivity contribution in [2.24, 2.45) is 5.92 Å². The third-order valence-electron chi connectivity index (χ3n) is 8.22. The minimum absolute atomic E-state index is 0.0880. The Labute approximate surface area is 265 Å². The fourth-order valence-corrected chi connectivity index (χ4v) is 6.24. The van der Waals surface area contributed by atoms with E-state index in [1.54, 1.807) is 17.0 Å². The minimum Gasteiger partial charge on any atom is -0.494 e. The zero-order valence-corrected chi connectivity index (χ0v) is 27.3. The van der Waals surface area contributed by atoms with E-state index in [0.717, 1.165) is 25.7 Å². The summed E-state index contributed by atoms with van der Waals surface area (Å²) < 4.78 is 26.6. The molecule has 2 saturated heterocycles. The summed E-state index contributed by atoms with van der Waals surface area (Å²) in [6, 6.07) is 7.54. The van der Waals surface area contributed by atoms with E-state index in [-0.39, 0.29) is 11.8 Å². The maximum absolute atomic E-state index is 15.5. The molecule has 2 aliphatic heterocycles. The number of non-ortho nitro benzene ring substituents is 1. The Hall–Kier alpha value is -3.48. The van der Waals surface area contributed by atoms with Crippen molar-refractivity contribution in [1.29, 1.82) is 0 Å². The van der Waals surface area contributed by atoms with Crippen LogP contribution < -0.4 is 15.0 Å². The molecule has 2 aliphatic rings. The third kappa shape index (κ3) is 8.80. The average Bonchev–Trinajstić information content (AvgIpc) is 2.96. The summed E-state index contributed by atoms with van der Waals surface area (Å²) >= 11 is 3.31. The molecule has 0 bridgehead atoms. The lowest BCUT2D eigenvalue weighted by molar-refractivity contribution is -0.384. The first-order valence-corrected chi connectivity index (χ1v) is 15.8. The Morgan fingerprint density at radius 3 is 2.43 bits per heavy atom. The van der Waals surface area contributed by atoms with Crippen LogP contribution in [-0.2, 0) is 4.74 Å². The van der Waals surface area contributed by atoms with Crippen LogP contribution in [0.5, 0.6) is 5.75 Å². The summed E-state index contributed by atoms with van der Waals surface area (Å²) in [6.45, 7) is 7.43. The van der Waals surface area contributed by atoms with Gasteiger partial charge in [-0.25, -0.2) is 14.2 Å². The van der Waals surface area contributed by atoms with Crippen LogP contribution in [0.1, 0.15) is 76.1 Å². The van der Waals surface area contributed by atoms with Gasteiger partial charge in [0.1, 0.15) is 21.7 Å². The number of hydrogen-bond acceptors (Lipinski definition) is 8. The topological polar surface area (TPSA) is 127 Å². The Kier molecular flexibility index (Phi) is 10.7. The number of carbonyl (C=O) groups excluding carboxylic acids is 2. The number of anilines is 2. The van der Waals surface area contributed by atoms with E-state index in [1.807, 2.05) is 25.7 Å². The fourth-order valence-electron chi connectivity index (χ4n) is 5.75. The smallest absolute Gasteiger partial charge is 0.410 e. The molecule has 0 aliphatic carbocycles. The maximum atomic E-state index is 15.5. The van der Waals surface area contributed by atoms with Crippen LogP contribution in [0.25, 0.3) is 0 Å². The number of likely N-dealkylation sites (tertiary alicyclic amines) is 1. The Morgan fingerprint density at radius 2 is 1.84 bits per heavy atom. The molecule has 13 heteroatoms. The van der Waals surface area contributed by atoms with Crippen molar-refractivity contribution in [3.05, 3.63) is 50.6 Å². The predicted molar refractivity (Wildman–Crippen MR) is 169 cm³/mol. The molecule has 240 valence electrons. The number of nitrogens with one attached hydrogen (secondary N) is 1. The van der Waals surface area contributed by atoms with Gasteiger partial charge in [-0.3, -0.25) is 14.9 Å². The number of hydrogen-bond donors (Lipinski definition) is 1. The number of ether oxygens (including phenoxy) is 2. The zero-order valence-electron chi connectivity index (χ0n) is 25.7. The number of aromatic nitrogens is 1. The van der Waals surface area contributed by atoms with Gasteiger partial charge in [0.15, 0.2) is 5.75 Å². The molecule has 11 nitrogen and oxygen atoms in total. The summed E-state index contributed by atoms with van der Waals surface area (Å²) in [5.41, 5.74) is -1.12. The van der Waals surface area contributed by atoms with Crippen LogP contribution in [0, 0.1) is 16.0 Å². The number of alkyl halides is 1. The molecule has 4 rings (SSSR count). The monoisotopic (exact) mass is 677 g/mol. The molecule has 1 N–H and O–H groups in total. The quantitative estimate of drug-likeness (QED) is 0.169. The molecule has 0 spiro atoms. The molecular weight excluding hydrogens is 637 g/mol. The summed E-state index contributed by atoms with van der Waals surface area (Å²) in [5, 5.41) is 14.3. The molecule has 0 saturated carbocycles. The van der Waals surface area contributed by atoms with E-state index < -0.39 is 22.1 Å². The second-order valence-electron chi connectivity index (χ2n) is 12.5. The van der Waals surface area contributed by atoms with Gasteiger partial charge in [-0.05, 0) is 99.3 Å². The highest BCUT2D eigenvalue weighted by Gasteiger charge is 2.37. The van der Waals surface area contributed by atoms with Crippen molar-refractivity contribution in [1.82, 2.24) is 9.88 Å². The highest BCUT2D eigenvalue weighted by Crippen LogP contribution is 2.36. The number of halogens is 2. The van der Waals surface area contributed by atoms with Gasteiger partial charge < -0.3 is 24.6 Å². The second kappa shape index (κ2) is 14.1. The molecule has 0 atom stereocenters. The van der Waals surface area contributed by atoms with Crippen LogP contribution in [0.15, 0.2) is 34.9 Å². The molecule has 1 aromatic heterocycles. The average molecular weight is 679 g/mol. The number of pyridine rings is 1. The Morgan fingerprint density at radius 1 is 1.16 bits per heavy atom. The third-order valence-corrected chi connectivity index (χ3v) is 8.78. The SMILES string of the molecule is COc1ccc(NC(=O)c2ccc([N+](=O)[O-])cc2N2CCC(CCCC3(F)CCN(C(=O)OC(C)(C)C)CC3)CC2)nc1Br. The number of rotatable bonds is 9. The first-order chi connectivity index (χ1) is 20.8. The van der Waals surface area contributed by atoms with Gasteiger partial charge in [0.2, 0.25) is 0 Å². The van der Waals surface area contributed by atoms with Crippen molar-refractivity contribution < 1.29 is 28.4 Å². The van der Waals surface area contributed by atoms with Crippen LogP contribution >= 0.6 is 15.9 Å². The van der Waals surface area contributed by atoms with Gasteiger partial charge in [-0.2, -0.15) is 0 Å². The Bertz CT molecular complexity index is 1350. The highest BCUT2D eigenvalue weighted by molar-refractivity contribution is 9.10. The van der Waals surface area contributed by atoms with Crippen molar-refractivity contribution in [2.75, 3.05) is 43.5 Å². The molecule has 2 fully saturated rings. The minimum atomic E-state index is -1.28. The number of benzene rings is 1. The predicted octanol–water partition coefficient (Wildman–Crippen LogP) is 7.14. The van der Waals surface area contributed by atoms with Gasteiger partial charge in [0.25, 0.3) is 11.6 Å². The molecule has 0 unspecified atom stereocenters. The van der Waals surface area contributed by atoms with E-state index >= 15 is 4.39 Å². The molecule has 3 heterocycles. The molecule has 2 amide bonds. The van der Waals surface area contributed by atoms with Crippen molar-refractivity contribution in [2.45, 2.75) is 77.0 Å². The van der Waals surface area contributed by atoms with E-state index in [9.17, 15) is 19.7 Å². The number of nitro benzene ring substituents is 1. The molecule has 2 aromatic rings. The maximum Gasteiger partial charge on any atom is 0.410 e. The zero-order chi connectivity index (χ0) is 32.1. The fraction of sp³-hybridized carbons (Fsp3) is 0.581. The number of amides is 2. The van der Waals surface area contributed by atoms with Crippen LogP contribution in [-0.4, -0.2) is 71.4 Å². The summed E-state index contributed by atoms with van der Waals surface area (Å²) in [6.07, 6.45) is 4.00. The van der Waals surface area contributed by atoms with E-state index in [1.165, 1.54) is 25.3 Å². The molecular formula is C31H41BrFN5O6. The molecule has 0 radical (unpaired) electrons. The summed E-state index contributed by atoms with van der Waals surface area (Å²) in [4.78, 5) is 44.5. The number of nitrogens with zero attached hydrogens (tertiary/aromatic N) is 4. The van der Waals surface area contributed by atoms with Gasteiger partial charge in [-0.1, -0.05) is 6.42 Å².